The summed E-state index contributed by atoms with van der Waals surface area (Å²) in [4.78, 5) is 35.2. The molecule has 1 saturated carbocycles. The molecule has 4 rings (SSSR count). The molecule has 12 nitrogen and oxygen atoms in total. The van der Waals surface area contributed by atoms with Crippen LogP contribution in [0.15, 0.2) is 58.6 Å². The van der Waals surface area contributed by atoms with E-state index in [1.807, 2.05) is 0 Å². The molecular formula is C32H41N5O7. The van der Waals surface area contributed by atoms with Gasteiger partial charge in [-0.3, -0.25) is 9.59 Å². The predicted octanol–water partition coefficient (Wildman–Crippen LogP) is 5.19. The molecule has 1 heterocycles. The van der Waals surface area contributed by atoms with Crippen molar-refractivity contribution < 1.29 is 34.0 Å². The Hall–Kier alpha value is -4.12. The minimum Gasteiger partial charge on any atom is -0.494 e. The number of carbonyl (C=O) groups is 2. The lowest BCUT2D eigenvalue weighted by atomic mass is 9.82. The van der Waals surface area contributed by atoms with Gasteiger partial charge in [0.25, 0.3) is 5.91 Å². The van der Waals surface area contributed by atoms with E-state index in [1.54, 1.807) is 69.3 Å². The number of esters is 1. The van der Waals surface area contributed by atoms with Gasteiger partial charge in [0.2, 0.25) is 5.90 Å². The lowest BCUT2D eigenvalue weighted by Crippen LogP contribution is -2.52. The molecule has 0 bridgehead atoms. The van der Waals surface area contributed by atoms with E-state index in [1.165, 1.54) is 0 Å². The van der Waals surface area contributed by atoms with Gasteiger partial charge in [0.05, 0.1) is 12.7 Å². The Bertz CT molecular complexity index is 1380. The highest BCUT2D eigenvalue weighted by molar-refractivity contribution is 6.01. The molecule has 0 radical (unpaired) electrons. The Kier molecular flexibility index (Phi) is 10.9. The van der Waals surface area contributed by atoms with Crippen molar-refractivity contribution in [2.75, 3.05) is 13.2 Å². The van der Waals surface area contributed by atoms with Crippen molar-refractivity contribution in [2.45, 2.75) is 95.1 Å². The molecule has 2 aliphatic rings. The van der Waals surface area contributed by atoms with E-state index in [9.17, 15) is 20.2 Å². The van der Waals surface area contributed by atoms with Gasteiger partial charge >= 0.3 is 5.97 Å². The molecular weight excluding hydrogens is 566 g/mol. The van der Waals surface area contributed by atoms with Crippen LogP contribution < -0.4 is 10.1 Å². The fourth-order valence-corrected chi connectivity index (χ4v) is 5.41. The number of nitrogens with one attached hydrogen (secondary N) is 1. The van der Waals surface area contributed by atoms with E-state index in [0.717, 1.165) is 0 Å². The van der Waals surface area contributed by atoms with Gasteiger partial charge in [-0.2, -0.15) is 0 Å². The van der Waals surface area contributed by atoms with E-state index in [-0.39, 0.29) is 37.1 Å². The highest BCUT2D eigenvalue weighted by Gasteiger charge is 2.54. The summed E-state index contributed by atoms with van der Waals surface area (Å²) in [5, 5.41) is 26.0. The minimum absolute atomic E-state index is 0.0241. The van der Waals surface area contributed by atoms with Crippen LogP contribution in [0.1, 0.15) is 82.9 Å². The molecule has 1 aliphatic heterocycles. The highest BCUT2D eigenvalue weighted by atomic mass is 16.6. The van der Waals surface area contributed by atoms with Crippen molar-refractivity contribution in [3.63, 3.8) is 0 Å². The van der Waals surface area contributed by atoms with E-state index in [4.69, 9.17) is 24.3 Å². The summed E-state index contributed by atoms with van der Waals surface area (Å²) in [6.07, 6.45) is 1.25. The summed E-state index contributed by atoms with van der Waals surface area (Å²) in [7, 11) is 0. The number of aliphatic hydroxyl groups is 2. The zero-order valence-electron chi connectivity index (χ0n) is 25.4. The van der Waals surface area contributed by atoms with Gasteiger partial charge in [-0.15, -0.1) is 0 Å². The van der Waals surface area contributed by atoms with Crippen LogP contribution in [-0.2, 0) is 19.1 Å². The quantitative estimate of drug-likeness (QED) is 0.0978. The van der Waals surface area contributed by atoms with Gasteiger partial charge in [-0.05, 0) is 82.7 Å². The Balaban J connectivity index is 1.76. The lowest BCUT2D eigenvalue weighted by molar-refractivity contribution is -0.155. The van der Waals surface area contributed by atoms with Crippen molar-refractivity contribution in [2.24, 2.45) is 10.1 Å². The molecule has 44 heavy (non-hydrogen) atoms. The second-order valence-corrected chi connectivity index (χ2v) is 12.1. The summed E-state index contributed by atoms with van der Waals surface area (Å²) in [5.74, 6) is -0.131. The second-order valence-electron chi connectivity index (χ2n) is 12.1. The molecule has 2 atom stereocenters. The topological polar surface area (TPSA) is 175 Å². The molecule has 0 unspecified atom stereocenters. The number of rotatable bonds is 12. The van der Waals surface area contributed by atoms with Crippen molar-refractivity contribution in [1.29, 1.82) is 0 Å². The Morgan fingerprint density at radius 1 is 1.14 bits per heavy atom. The summed E-state index contributed by atoms with van der Waals surface area (Å²) < 4.78 is 17.7. The van der Waals surface area contributed by atoms with Gasteiger partial charge in [-0.25, -0.2) is 4.99 Å². The molecule has 2 aromatic rings. The number of azide groups is 1. The first-order valence-electron chi connectivity index (χ1n) is 15.0. The van der Waals surface area contributed by atoms with Crippen LogP contribution >= 0.6 is 0 Å². The van der Waals surface area contributed by atoms with Crippen LogP contribution in [0.5, 0.6) is 5.75 Å². The molecule has 0 spiro atoms. The van der Waals surface area contributed by atoms with E-state index >= 15 is 0 Å². The average Bonchev–Trinajstić information content (AvgIpc) is 3.38. The number of aliphatic imine (C=N–C) groups is 1. The van der Waals surface area contributed by atoms with Crippen LogP contribution in [0.25, 0.3) is 10.4 Å². The Morgan fingerprint density at radius 2 is 1.84 bits per heavy atom. The van der Waals surface area contributed by atoms with E-state index < -0.39 is 35.2 Å². The molecule has 0 aromatic heterocycles. The molecule has 1 aliphatic carbocycles. The van der Waals surface area contributed by atoms with Crippen LogP contribution in [0.2, 0.25) is 0 Å². The van der Waals surface area contributed by atoms with Crippen LogP contribution in [-0.4, -0.2) is 64.5 Å². The third-order valence-corrected chi connectivity index (χ3v) is 7.56. The first kappa shape index (κ1) is 32.8. The zero-order valence-corrected chi connectivity index (χ0v) is 25.4. The maximum absolute atomic E-state index is 14.4. The Morgan fingerprint density at radius 3 is 2.50 bits per heavy atom. The maximum atomic E-state index is 14.4. The lowest BCUT2D eigenvalue weighted by Gasteiger charge is -2.34. The van der Waals surface area contributed by atoms with Crippen LogP contribution in [0, 0.1) is 0 Å². The number of amides is 1. The van der Waals surface area contributed by atoms with E-state index in [2.05, 4.69) is 15.3 Å². The molecule has 3 N–H and O–H groups in total. The highest BCUT2D eigenvalue weighted by Crippen LogP contribution is 2.46. The summed E-state index contributed by atoms with van der Waals surface area (Å²) in [5.41, 5.74) is 8.26. The van der Waals surface area contributed by atoms with Gasteiger partial charge in [0, 0.05) is 47.2 Å². The molecule has 0 saturated heterocycles. The molecule has 236 valence electrons. The average molecular weight is 608 g/mol. The molecule has 1 amide bonds. The number of hydrogen-bond donors (Lipinski definition) is 3. The normalized spacial score (nSPS) is 23.1. The number of hydrogen-bond acceptors (Lipinski definition) is 9. The summed E-state index contributed by atoms with van der Waals surface area (Å²) in [6, 6.07) is 13.6. The number of carbonyl (C=O) groups excluding carboxylic acids is 2. The Labute approximate surface area is 257 Å². The van der Waals surface area contributed by atoms with Crippen LogP contribution in [0.4, 0.5) is 5.69 Å². The number of aliphatic hydroxyl groups excluding tert-OH is 2. The third-order valence-electron chi connectivity index (χ3n) is 7.56. The second kappa shape index (κ2) is 14.6. The smallest absolute Gasteiger partial charge is 0.306 e. The third kappa shape index (κ3) is 8.28. The van der Waals surface area contributed by atoms with Gasteiger partial charge in [-0.1, -0.05) is 29.4 Å². The summed E-state index contributed by atoms with van der Waals surface area (Å²) in [6.45, 7) is 5.70. The fraction of sp³-hybridized carbons (Fsp3) is 0.531. The number of nitrogens with zero attached hydrogens (tertiary/aromatic N) is 4. The first-order chi connectivity index (χ1) is 21.0. The van der Waals surface area contributed by atoms with Crippen molar-refractivity contribution in [1.82, 2.24) is 5.32 Å². The molecule has 12 heteroatoms. The number of benzene rings is 2. The predicted molar refractivity (Wildman–Crippen MR) is 163 cm³/mol. The van der Waals surface area contributed by atoms with Gasteiger partial charge in [0.15, 0.2) is 11.6 Å². The first-order valence-corrected chi connectivity index (χ1v) is 15.0. The standard InChI is InChI=1S/C32H41N5O7/c1-31(2,3)44-27(40)17-18-32(30(41)34-22-11-13-23(39)14-12-22)28(25-7-4-5-8-26(25)36-37-33)43-29(35-32)21-9-15-24(16-10-21)42-20-6-19-38/h4-5,7-10,15-16,22-23,28,38-39H,6,11-14,17-20H2,1-3H3,(H,34,41)/t22?,23?,28-,32-/m1/s1. The van der Waals surface area contributed by atoms with Crippen molar-refractivity contribution >= 4 is 23.5 Å². The van der Waals surface area contributed by atoms with E-state index in [0.29, 0.717) is 55.6 Å². The van der Waals surface area contributed by atoms with Crippen LogP contribution in [0.3, 0.4) is 0 Å². The summed E-state index contributed by atoms with van der Waals surface area (Å²) >= 11 is 0. The fourth-order valence-electron chi connectivity index (χ4n) is 5.41. The largest absolute Gasteiger partial charge is 0.494 e. The maximum Gasteiger partial charge on any atom is 0.306 e. The molecule has 2 aromatic carbocycles. The van der Waals surface area contributed by atoms with Crippen molar-refractivity contribution in [3.8, 4) is 5.75 Å². The SMILES string of the molecule is CC(C)(C)OC(=O)CC[C@@]1(C(=O)NC2CCC(O)CC2)N=C(c2ccc(OCCCO)cc2)O[C@@H]1c1ccccc1N=[N+]=[N-]. The number of ether oxygens (including phenoxy) is 3. The molecule has 1 fully saturated rings. The zero-order chi connectivity index (χ0) is 31.7. The monoisotopic (exact) mass is 607 g/mol. The van der Waals surface area contributed by atoms with Gasteiger partial charge in [0.1, 0.15) is 11.4 Å². The minimum atomic E-state index is -1.61. The van der Waals surface area contributed by atoms with Gasteiger partial charge < -0.3 is 29.7 Å². The van der Waals surface area contributed by atoms with Crippen molar-refractivity contribution in [3.05, 3.63) is 70.1 Å².